The molecular weight excluding hydrogens is 490 g/mol. The number of nitrogens with one attached hydrogen (secondary N) is 1. The van der Waals surface area contributed by atoms with Crippen molar-refractivity contribution in [3.8, 4) is 6.07 Å². The van der Waals surface area contributed by atoms with Crippen LogP contribution in [-0.2, 0) is 11.2 Å². The molecule has 1 aromatic carbocycles. The Bertz CT molecular complexity index is 994. The van der Waals surface area contributed by atoms with Crippen molar-refractivity contribution in [3.63, 3.8) is 0 Å². The van der Waals surface area contributed by atoms with Crippen LogP contribution in [0.5, 0.6) is 0 Å². The summed E-state index contributed by atoms with van der Waals surface area (Å²) in [6.07, 6.45) is -0.265. The Labute approximate surface area is 182 Å². The molecule has 152 valence electrons. The largest absolute Gasteiger partial charge is 0.342 e. The van der Waals surface area contributed by atoms with Crippen LogP contribution < -0.4 is 5.32 Å². The fourth-order valence-electron chi connectivity index (χ4n) is 2.89. The van der Waals surface area contributed by atoms with Crippen LogP contribution in [0.2, 0.25) is 5.02 Å². The number of aromatic nitrogens is 1. The molecule has 1 aliphatic rings. The van der Waals surface area contributed by atoms with Crippen LogP contribution in [-0.4, -0.2) is 46.8 Å². The Kier molecular flexibility index (Phi) is 6.51. The lowest BCUT2D eigenvalue weighted by atomic mass is 10.1. The number of likely N-dealkylation sites (tertiary alicyclic amines) is 1. The van der Waals surface area contributed by atoms with Crippen molar-refractivity contribution in [3.05, 3.63) is 49.3 Å². The normalized spacial score (nSPS) is 17.8. The Morgan fingerprint density at radius 2 is 2.24 bits per heavy atom. The van der Waals surface area contributed by atoms with Crippen LogP contribution in [0.3, 0.4) is 0 Å². The molecule has 1 saturated heterocycles. The number of alkyl halides is 2. The molecule has 0 unspecified atom stereocenters. The molecule has 2 heterocycles. The van der Waals surface area contributed by atoms with Crippen LogP contribution in [0.4, 0.5) is 8.78 Å². The Morgan fingerprint density at radius 3 is 2.97 bits per heavy atom. The maximum atomic E-state index is 13.4. The molecule has 0 aliphatic carbocycles. The average Bonchev–Trinajstić information content (AvgIpc) is 3.27. The number of amides is 2. The first kappa shape index (κ1) is 21.6. The fourth-order valence-corrected chi connectivity index (χ4v) is 4.28. The number of carbonyl (C=O) groups is 2. The molecule has 1 aliphatic heterocycles. The van der Waals surface area contributed by atoms with Crippen molar-refractivity contribution in [1.82, 2.24) is 15.2 Å². The third-order valence-corrected chi connectivity index (χ3v) is 6.48. The van der Waals surface area contributed by atoms with E-state index in [1.165, 1.54) is 11.3 Å². The first-order chi connectivity index (χ1) is 13.7. The van der Waals surface area contributed by atoms with Crippen LogP contribution >= 0.6 is 38.9 Å². The highest BCUT2D eigenvalue weighted by molar-refractivity contribution is 9.10. The van der Waals surface area contributed by atoms with E-state index in [0.29, 0.717) is 16.5 Å². The van der Waals surface area contributed by atoms with E-state index in [1.54, 1.807) is 11.4 Å². The third kappa shape index (κ3) is 5.10. The second-order valence-electron chi connectivity index (χ2n) is 6.43. The highest BCUT2D eigenvalue weighted by atomic mass is 79.9. The summed E-state index contributed by atoms with van der Waals surface area (Å²) in [6, 6.07) is 6.00. The lowest BCUT2D eigenvalue weighted by molar-refractivity contribution is -0.131. The molecule has 3 rings (SSSR count). The summed E-state index contributed by atoms with van der Waals surface area (Å²) in [5.74, 6) is -4.43. The zero-order valence-corrected chi connectivity index (χ0v) is 18.0. The number of hydrogen-bond donors (Lipinski definition) is 1. The summed E-state index contributed by atoms with van der Waals surface area (Å²) in [4.78, 5) is 29.4. The van der Waals surface area contributed by atoms with Crippen LogP contribution in [0.15, 0.2) is 28.1 Å². The molecule has 1 fully saturated rings. The highest BCUT2D eigenvalue weighted by Gasteiger charge is 2.47. The third-order valence-electron chi connectivity index (χ3n) is 4.30. The second kappa shape index (κ2) is 8.73. The van der Waals surface area contributed by atoms with Gasteiger partial charge in [-0.3, -0.25) is 9.59 Å². The Balaban J connectivity index is 1.59. The van der Waals surface area contributed by atoms with Crippen molar-refractivity contribution in [2.45, 2.75) is 24.8 Å². The van der Waals surface area contributed by atoms with Gasteiger partial charge in [0.2, 0.25) is 5.91 Å². The van der Waals surface area contributed by atoms with E-state index in [-0.39, 0.29) is 5.69 Å². The lowest BCUT2D eigenvalue weighted by Gasteiger charge is -2.19. The molecule has 2 aromatic rings. The molecule has 2 amide bonds. The monoisotopic (exact) mass is 502 g/mol. The SMILES string of the molecule is N#C[C@@H]1CC(F)(F)CN1C(=O)CNC(=O)c1csc(Cc2cccc(Br)c2Cl)n1. The zero-order chi connectivity index (χ0) is 21.2. The zero-order valence-electron chi connectivity index (χ0n) is 14.8. The quantitative estimate of drug-likeness (QED) is 0.675. The molecule has 11 heteroatoms. The maximum absolute atomic E-state index is 13.4. The van der Waals surface area contributed by atoms with Gasteiger partial charge in [-0.1, -0.05) is 23.7 Å². The van der Waals surface area contributed by atoms with E-state index >= 15 is 0 Å². The summed E-state index contributed by atoms with van der Waals surface area (Å²) in [6.45, 7) is -1.31. The number of nitriles is 1. The van der Waals surface area contributed by atoms with Gasteiger partial charge in [-0.15, -0.1) is 11.3 Å². The molecule has 0 spiro atoms. The first-order valence-electron chi connectivity index (χ1n) is 8.42. The molecule has 0 radical (unpaired) electrons. The number of rotatable bonds is 5. The van der Waals surface area contributed by atoms with Gasteiger partial charge in [0, 0.05) is 22.7 Å². The molecule has 1 N–H and O–H groups in total. The van der Waals surface area contributed by atoms with Crippen LogP contribution in [0.25, 0.3) is 0 Å². The second-order valence-corrected chi connectivity index (χ2v) is 8.60. The fraction of sp³-hybridized carbons (Fsp3) is 0.333. The van der Waals surface area contributed by atoms with E-state index in [0.717, 1.165) is 14.9 Å². The molecule has 1 aromatic heterocycles. The van der Waals surface area contributed by atoms with E-state index in [2.05, 4.69) is 26.2 Å². The van der Waals surface area contributed by atoms with Gasteiger partial charge in [-0.05, 0) is 27.6 Å². The lowest BCUT2D eigenvalue weighted by Crippen LogP contribution is -2.43. The standard InChI is InChI=1S/C18H14BrClF2N4O2S/c19-12-3-1-2-10(16(12)20)4-14-25-13(8-29-14)17(28)24-7-15(27)26-9-18(21,22)5-11(26)6-23/h1-3,8,11H,4-5,7,9H2,(H,24,28)/t11-/m0/s1. The van der Waals surface area contributed by atoms with E-state index < -0.39 is 43.3 Å². The van der Waals surface area contributed by atoms with Crippen molar-refractivity contribution >= 4 is 50.7 Å². The van der Waals surface area contributed by atoms with Crippen molar-refractivity contribution < 1.29 is 18.4 Å². The van der Waals surface area contributed by atoms with Crippen LogP contribution in [0, 0.1) is 11.3 Å². The molecule has 0 bridgehead atoms. The van der Waals surface area contributed by atoms with Crippen LogP contribution in [0.1, 0.15) is 27.5 Å². The Hall–Kier alpha value is -2.09. The number of halogens is 4. The molecule has 6 nitrogen and oxygen atoms in total. The average molecular weight is 504 g/mol. The topological polar surface area (TPSA) is 86.1 Å². The van der Waals surface area contributed by atoms with E-state index in [4.69, 9.17) is 16.9 Å². The first-order valence-corrected chi connectivity index (χ1v) is 10.5. The summed E-state index contributed by atoms with van der Waals surface area (Å²) < 4.78 is 27.6. The van der Waals surface area contributed by atoms with E-state index in [9.17, 15) is 18.4 Å². The molecule has 0 saturated carbocycles. The highest BCUT2D eigenvalue weighted by Crippen LogP contribution is 2.31. The summed E-state index contributed by atoms with van der Waals surface area (Å²) >= 11 is 10.9. The molecular formula is C18H14BrClF2N4O2S. The Morgan fingerprint density at radius 1 is 1.48 bits per heavy atom. The van der Waals surface area contributed by atoms with Gasteiger partial charge in [-0.2, -0.15) is 5.26 Å². The van der Waals surface area contributed by atoms with Gasteiger partial charge in [0.1, 0.15) is 11.7 Å². The number of carbonyl (C=O) groups excluding carboxylic acids is 2. The predicted molar refractivity (Wildman–Crippen MR) is 107 cm³/mol. The number of benzene rings is 1. The number of hydrogen-bond acceptors (Lipinski definition) is 5. The molecule has 1 atom stereocenters. The van der Waals surface area contributed by atoms with Gasteiger partial charge in [-0.25, -0.2) is 13.8 Å². The van der Waals surface area contributed by atoms with Gasteiger partial charge < -0.3 is 10.2 Å². The summed E-state index contributed by atoms with van der Waals surface area (Å²) in [5.41, 5.74) is 0.961. The minimum atomic E-state index is -3.10. The van der Waals surface area contributed by atoms with Crippen molar-refractivity contribution in [1.29, 1.82) is 5.26 Å². The summed E-state index contributed by atoms with van der Waals surface area (Å²) in [5, 5.41) is 14.1. The van der Waals surface area contributed by atoms with E-state index in [1.807, 2.05) is 18.2 Å². The number of thiazole rings is 1. The van der Waals surface area contributed by atoms with Gasteiger partial charge in [0.05, 0.1) is 29.2 Å². The van der Waals surface area contributed by atoms with Crippen molar-refractivity contribution in [2.75, 3.05) is 13.1 Å². The maximum Gasteiger partial charge on any atom is 0.271 e. The van der Waals surface area contributed by atoms with Gasteiger partial charge >= 0.3 is 0 Å². The van der Waals surface area contributed by atoms with Gasteiger partial charge in [0.25, 0.3) is 11.8 Å². The number of nitrogens with zero attached hydrogens (tertiary/aromatic N) is 3. The smallest absolute Gasteiger partial charge is 0.271 e. The minimum Gasteiger partial charge on any atom is -0.342 e. The summed E-state index contributed by atoms with van der Waals surface area (Å²) in [7, 11) is 0. The van der Waals surface area contributed by atoms with Crippen molar-refractivity contribution in [2.24, 2.45) is 0 Å². The minimum absolute atomic E-state index is 0.118. The van der Waals surface area contributed by atoms with Gasteiger partial charge in [0.15, 0.2) is 0 Å². The predicted octanol–water partition coefficient (Wildman–Crippen LogP) is 3.64. The molecule has 29 heavy (non-hydrogen) atoms.